The number of hydrogen-bond acceptors (Lipinski definition) is 4. The van der Waals surface area contributed by atoms with Gasteiger partial charge in [-0.2, -0.15) is 0 Å². The topological polar surface area (TPSA) is 54.5 Å². The van der Waals surface area contributed by atoms with Crippen molar-refractivity contribution in [3.05, 3.63) is 0 Å². The molecule has 2 heterocycles. The fourth-order valence-corrected chi connectivity index (χ4v) is 4.17. The van der Waals surface area contributed by atoms with E-state index in [1.54, 1.807) is 7.11 Å². The summed E-state index contributed by atoms with van der Waals surface area (Å²) in [6, 6.07) is 0. The maximum Gasteiger partial charge on any atom is 0.100 e. The fourth-order valence-electron chi connectivity index (χ4n) is 4.17. The Hall–Kier alpha value is -0.160. The molecule has 0 radical (unpaired) electrons. The first-order valence-electron chi connectivity index (χ1n) is 7.95. The van der Waals surface area contributed by atoms with Gasteiger partial charge in [-0.1, -0.05) is 13.8 Å². The Balaban J connectivity index is 1.73. The molecule has 0 aromatic rings. The highest BCUT2D eigenvalue weighted by atomic mass is 16.6. The maximum absolute atomic E-state index is 10.3. The number of aliphatic hydroxyl groups excluding tert-OH is 1. The first-order valence-corrected chi connectivity index (χ1v) is 7.95. The van der Waals surface area contributed by atoms with E-state index in [2.05, 4.69) is 20.8 Å². The van der Waals surface area contributed by atoms with Crippen LogP contribution in [0.1, 0.15) is 46.5 Å². The molecule has 3 aliphatic rings. The van der Waals surface area contributed by atoms with E-state index in [4.69, 9.17) is 14.2 Å². The second-order valence-corrected chi connectivity index (χ2v) is 7.40. The lowest BCUT2D eigenvalue weighted by Crippen LogP contribution is -2.54. The second-order valence-electron chi connectivity index (χ2n) is 7.40. The van der Waals surface area contributed by atoms with Crippen LogP contribution in [-0.4, -0.2) is 48.3 Å². The van der Waals surface area contributed by atoms with E-state index in [1.807, 2.05) is 0 Å². The number of ether oxygens (including phenoxy) is 3. The van der Waals surface area contributed by atoms with Crippen molar-refractivity contribution in [2.24, 2.45) is 11.8 Å². The number of hydrogen-bond donors (Lipinski definition) is 1. The number of aliphatic hydroxyl groups is 1. The quantitative estimate of drug-likeness (QED) is 0.786. The summed E-state index contributed by atoms with van der Waals surface area (Å²) >= 11 is 0. The van der Waals surface area contributed by atoms with Crippen LogP contribution < -0.4 is 0 Å². The van der Waals surface area contributed by atoms with E-state index in [-0.39, 0.29) is 23.2 Å². The number of methoxy groups -OCH3 is 1. The van der Waals surface area contributed by atoms with Crippen LogP contribution in [0.5, 0.6) is 0 Å². The lowest BCUT2D eigenvalue weighted by molar-refractivity contribution is -0.116. The SMILES string of the molecule is CO[C@@H]1C(O)CC[C@]2(CO2)[C@H]1[C@@]1(C)O[C@@H]1CCC(C)C. The Bertz CT molecular complexity index is 365. The minimum atomic E-state index is -0.397. The average molecular weight is 284 g/mol. The standard InChI is InChI=1S/C16H28O4/c1-10(2)5-6-12-15(3,20-12)14-13(18-4)11(17)7-8-16(14)9-19-16/h10-14,17H,5-9H2,1-4H3/t11?,12-,13-,14-,15+,16+/m1/s1. The van der Waals surface area contributed by atoms with E-state index in [0.717, 1.165) is 25.9 Å². The molecule has 3 fully saturated rings. The zero-order chi connectivity index (χ0) is 14.5. The van der Waals surface area contributed by atoms with Gasteiger partial charge < -0.3 is 19.3 Å². The van der Waals surface area contributed by atoms with E-state index < -0.39 is 6.10 Å². The summed E-state index contributed by atoms with van der Waals surface area (Å²) in [7, 11) is 1.69. The monoisotopic (exact) mass is 284 g/mol. The Morgan fingerprint density at radius 3 is 2.65 bits per heavy atom. The molecule has 20 heavy (non-hydrogen) atoms. The van der Waals surface area contributed by atoms with Gasteiger partial charge in [-0.25, -0.2) is 0 Å². The first kappa shape index (κ1) is 14.8. The van der Waals surface area contributed by atoms with Crippen LogP contribution in [0.4, 0.5) is 0 Å². The van der Waals surface area contributed by atoms with Crippen molar-refractivity contribution in [3.8, 4) is 0 Å². The van der Waals surface area contributed by atoms with Crippen molar-refractivity contribution < 1.29 is 19.3 Å². The Labute approximate surface area is 121 Å². The van der Waals surface area contributed by atoms with Crippen molar-refractivity contribution >= 4 is 0 Å². The van der Waals surface area contributed by atoms with Crippen LogP contribution in [-0.2, 0) is 14.2 Å². The summed E-state index contributed by atoms with van der Waals surface area (Å²) in [5, 5.41) is 10.3. The highest BCUT2D eigenvalue weighted by Gasteiger charge is 2.71. The van der Waals surface area contributed by atoms with Crippen molar-refractivity contribution in [3.63, 3.8) is 0 Å². The lowest BCUT2D eigenvalue weighted by atomic mass is 9.68. The Morgan fingerprint density at radius 2 is 2.10 bits per heavy atom. The third-order valence-corrected chi connectivity index (χ3v) is 5.53. The van der Waals surface area contributed by atoms with E-state index in [0.29, 0.717) is 12.0 Å². The molecule has 4 heteroatoms. The van der Waals surface area contributed by atoms with Crippen LogP contribution in [0.2, 0.25) is 0 Å². The molecule has 1 N–H and O–H groups in total. The Kier molecular flexibility index (Phi) is 3.65. The van der Waals surface area contributed by atoms with Crippen LogP contribution in [0.25, 0.3) is 0 Å². The van der Waals surface area contributed by atoms with Crippen molar-refractivity contribution in [1.82, 2.24) is 0 Å². The van der Waals surface area contributed by atoms with Gasteiger partial charge in [-0.15, -0.1) is 0 Å². The highest BCUT2D eigenvalue weighted by molar-refractivity contribution is 5.19. The first-order chi connectivity index (χ1) is 9.43. The summed E-state index contributed by atoms with van der Waals surface area (Å²) in [5.74, 6) is 0.852. The maximum atomic E-state index is 10.3. The zero-order valence-corrected chi connectivity index (χ0v) is 13.1. The molecule has 0 bridgehead atoms. The molecular formula is C16H28O4. The van der Waals surface area contributed by atoms with Gasteiger partial charge in [0.25, 0.3) is 0 Å². The van der Waals surface area contributed by atoms with Crippen LogP contribution in [0.3, 0.4) is 0 Å². The molecule has 0 amide bonds. The molecule has 1 spiro atoms. The Morgan fingerprint density at radius 1 is 1.40 bits per heavy atom. The summed E-state index contributed by atoms with van der Waals surface area (Å²) < 4.78 is 17.5. The second kappa shape index (κ2) is 4.94. The van der Waals surface area contributed by atoms with Crippen molar-refractivity contribution in [2.45, 2.75) is 76.0 Å². The number of rotatable bonds is 5. The van der Waals surface area contributed by atoms with Gasteiger partial charge in [0.2, 0.25) is 0 Å². The van der Waals surface area contributed by atoms with Gasteiger partial charge in [-0.05, 0) is 38.5 Å². The summed E-state index contributed by atoms with van der Waals surface area (Å²) in [6.07, 6.45) is 3.69. The van der Waals surface area contributed by atoms with Gasteiger partial charge in [-0.3, -0.25) is 0 Å². The normalized spacial score (nSPS) is 50.7. The van der Waals surface area contributed by atoms with Gasteiger partial charge in [0, 0.05) is 7.11 Å². The molecule has 4 nitrogen and oxygen atoms in total. The van der Waals surface area contributed by atoms with Gasteiger partial charge in [0.15, 0.2) is 0 Å². The van der Waals surface area contributed by atoms with Crippen molar-refractivity contribution in [1.29, 1.82) is 0 Å². The van der Waals surface area contributed by atoms with Crippen LogP contribution in [0, 0.1) is 11.8 Å². The molecule has 116 valence electrons. The molecule has 1 aliphatic carbocycles. The lowest BCUT2D eigenvalue weighted by Gasteiger charge is -2.41. The summed E-state index contributed by atoms with van der Waals surface area (Å²) in [4.78, 5) is 0. The molecular weight excluding hydrogens is 256 g/mol. The van der Waals surface area contributed by atoms with Crippen molar-refractivity contribution in [2.75, 3.05) is 13.7 Å². The third kappa shape index (κ3) is 2.31. The van der Waals surface area contributed by atoms with Crippen LogP contribution >= 0.6 is 0 Å². The molecule has 1 unspecified atom stereocenters. The van der Waals surface area contributed by atoms with E-state index in [9.17, 15) is 5.11 Å². The zero-order valence-electron chi connectivity index (χ0n) is 13.1. The molecule has 2 saturated heterocycles. The minimum absolute atomic E-state index is 0.0960. The predicted octanol–water partition coefficient (Wildman–Crippen LogP) is 2.13. The summed E-state index contributed by atoms with van der Waals surface area (Å²) in [6.45, 7) is 7.46. The number of epoxide rings is 2. The molecule has 3 rings (SSSR count). The van der Waals surface area contributed by atoms with Crippen LogP contribution in [0.15, 0.2) is 0 Å². The highest BCUT2D eigenvalue weighted by Crippen LogP contribution is 2.59. The molecule has 0 aromatic heterocycles. The van der Waals surface area contributed by atoms with E-state index >= 15 is 0 Å². The third-order valence-electron chi connectivity index (χ3n) is 5.53. The van der Waals surface area contributed by atoms with Gasteiger partial charge in [0.1, 0.15) is 5.60 Å². The summed E-state index contributed by atoms with van der Waals surface area (Å²) in [5.41, 5.74) is -0.283. The molecule has 0 aromatic carbocycles. The van der Waals surface area contributed by atoms with Gasteiger partial charge in [0.05, 0.1) is 36.4 Å². The minimum Gasteiger partial charge on any atom is -0.390 e. The largest absolute Gasteiger partial charge is 0.390 e. The molecule has 6 atom stereocenters. The molecule has 1 saturated carbocycles. The van der Waals surface area contributed by atoms with E-state index in [1.165, 1.54) is 6.42 Å². The average Bonchev–Trinajstić information content (AvgIpc) is 3.29. The fraction of sp³-hybridized carbons (Fsp3) is 1.00. The van der Waals surface area contributed by atoms with Gasteiger partial charge >= 0.3 is 0 Å². The smallest absolute Gasteiger partial charge is 0.100 e. The molecule has 2 aliphatic heterocycles. The predicted molar refractivity (Wildman–Crippen MR) is 75.6 cm³/mol.